The summed E-state index contributed by atoms with van der Waals surface area (Å²) in [5.74, 6) is 1.13. The molecule has 0 aromatic heterocycles. The van der Waals surface area contributed by atoms with Crippen molar-refractivity contribution < 1.29 is 13.2 Å². The van der Waals surface area contributed by atoms with Crippen LogP contribution in [0.25, 0.3) is 0 Å². The van der Waals surface area contributed by atoms with Crippen molar-refractivity contribution in [2.75, 3.05) is 23.8 Å². The Bertz CT molecular complexity index is 542. The second-order valence-corrected chi connectivity index (χ2v) is 7.94. The van der Waals surface area contributed by atoms with Crippen LogP contribution in [0.4, 0.5) is 0 Å². The number of benzene rings is 1. The molecule has 1 aliphatic heterocycles. The Morgan fingerprint density at radius 1 is 1.37 bits per heavy atom. The number of amides is 1. The van der Waals surface area contributed by atoms with Crippen LogP contribution in [0, 0.1) is 0 Å². The van der Waals surface area contributed by atoms with Crippen molar-refractivity contribution in [2.24, 2.45) is 0 Å². The minimum Gasteiger partial charge on any atom is -0.320 e. The van der Waals surface area contributed by atoms with E-state index >= 15 is 0 Å². The highest BCUT2D eigenvalue weighted by Gasteiger charge is 2.35. The molecule has 1 atom stereocenters. The third-order valence-electron chi connectivity index (χ3n) is 3.18. The van der Waals surface area contributed by atoms with Crippen LogP contribution < -0.4 is 0 Å². The largest absolute Gasteiger partial charge is 0.320 e. The molecule has 1 fully saturated rings. The lowest BCUT2D eigenvalue weighted by molar-refractivity contribution is 0.0749. The maximum atomic E-state index is 12.4. The van der Waals surface area contributed by atoms with E-state index in [0.29, 0.717) is 17.9 Å². The van der Waals surface area contributed by atoms with Gasteiger partial charge in [0.05, 0.1) is 0 Å². The van der Waals surface area contributed by atoms with E-state index in [9.17, 15) is 13.2 Å². The topological polar surface area (TPSA) is 54.5 Å². The molecule has 6 heteroatoms. The van der Waals surface area contributed by atoms with Crippen LogP contribution in [0.15, 0.2) is 30.3 Å². The first kappa shape index (κ1) is 14.4. The zero-order chi connectivity index (χ0) is 13.9. The number of carbonyl (C=O) groups excluding carboxylic acids is 1. The highest BCUT2D eigenvalue weighted by atomic mass is 32.2. The molecule has 1 saturated heterocycles. The van der Waals surface area contributed by atoms with Crippen molar-refractivity contribution in [1.29, 1.82) is 0 Å². The summed E-state index contributed by atoms with van der Waals surface area (Å²) < 4.78 is 24.2. The second-order valence-electron chi connectivity index (χ2n) is 4.35. The SMILES string of the molecule is CCS(=O)(=O)C1CSCCN1C(=O)c1ccccc1. The fraction of sp³-hybridized carbons (Fsp3) is 0.462. The molecule has 4 nitrogen and oxygen atoms in total. The Balaban J connectivity index is 2.28. The second kappa shape index (κ2) is 5.96. The van der Waals surface area contributed by atoms with E-state index in [4.69, 9.17) is 0 Å². The Labute approximate surface area is 118 Å². The van der Waals surface area contributed by atoms with Gasteiger partial charge in [0.2, 0.25) is 0 Å². The van der Waals surface area contributed by atoms with Crippen molar-refractivity contribution in [1.82, 2.24) is 4.90 Å². The van der Waals surface area contributed by atoms with E-state index in [0.717, 1.165) is 5.75 Å². The fourth-order valence-electron chi connectivity index (χ4n) is 2.05. The quantitative estimate of drug-likeness (QED) is 0.851. The van der Waals surface area contributed by atoms with Crippen LogP contribution in [-0.4, -0.2) is 48.4 Å². The molecule has 0 aliphatic carbocycles. The minimum atomic E-state index is -3.24. The Morgan fingerprint density at radius 2 is 2.05 bits per heavy atom. The van der Waals surface area contributed by atoms with E-state index in [2.05, 4.69) is 0 Å². The van der Waals surface area contributed by atoms with Gasteiger partial charge < -0.3 is 4.90 Å². The molecule has 104 valence electrons. The molecule has 1 unspecified atom stereocenters. The summed E-state index contributed by atoms with van der Waals surface area (Å²) in [5, 5.41) is -0.691. The summed E-state index contributed by atoms with van der Waals surface area (Å²) in [6.45, 7) is 2.11. The molecule has 0 N–H and O–H groups in total. The standard InChI is InChI=1S/C13H17NO3S2/c1-2-19(16,17)12-10-18-9-8-14(12)13(15)11-6-4-3-5-7-11/h3-7,12H,2,8-10H2,1H3. The smallest absolute Gasteiger partial charge is 0.254 e. The highest BCUT2D eigenvalue weighted by molar-refractivity contribution is 8.01. The van der Waals surface area contributed by atoms with E-state index in [1.165, 1.54) is 4.90 Å². The van der Waals surface area contributed by atoms with Crippen LogP contribution in [0.2, 0.25) is 0 Å². The average molecular weight is 299 g/mol. The van der Waals surface area contributed by atoms with E-state index in [1.54, 1.807) is 43.0 Å². The van der Waals surface area contributed by atoms with Crippen molar-refractivity contribution in [3.63, 3.8) is 0 Å². The Morgan fingerprint density at radius 3 is 2.68 bits per heavy atom. The van der Waals surface area contributed by atoms with Crippen molar-refractivity contribution in [2.45, 2.75) is 12.3 Å². The summed E-state index contributed by atoms with van der Waals surface area (Å²) in [5.41, 5.74) is 0.547. The normalized spacial score (nSPS) is 20.3. The molecule has 2 rings (SSSR count). The minimum absolute atomic E-state index is 0.0663. The van der Waals surface area contributed by atoms with Crippen LogP contribution in [-0.2, 0) is 9.84 Å². The molecule has 1 heterocycles. The van der Waals surface area contributed by atoms with Crippen LogP contribution in [0.1, 0.15) is 17.3 Å². The summed E-state index contributed by atoms with van der Waals surface area (Å²) >= 11 is 1.59. The Hall–Kier alpha value is -1.01. The van der Waals surface area contributed by atoms with Gasteiger partial charge >= 0.3 is 0 Å². The van der Waals surface area contributed by atoms with Gasteiger partial charge in [-0.25, -0.2) is 8.42 Å². The van der Waals surface area contributed by atoms with Crippen LogP contribution >= 0.6 is 11.8 Å². The van der Waals surface area contributed by atoms with Crippen molar-refractivity contribution in [3.05, 3.63) is 35.9 Å². The van der Waals surface area contributed by atoms with E-state index in [-0.39, 0.29) is 11.7 Å². The summed E-state index contributed by atoms with van der Waals surface area (Å²) in [6, 6.07) is 8.85. The van der Waals surface area contributed by atoms with E-state index in [1.807, 2.05) is 6.07 Å². The number of carbonyl (C=O) groups is 1. The van der Waals surface area contributed by atoms with Gasteiger partial charge in [-0.3, -0.25) is 4.79 Å². The van der Waals surface area contributed by atoms with Gasteiger partial charge in [0.25, 0.3) is 5.91 Å². The molecular formula is C13H17NO3S2. The zero-order valence-corrected chi connectivity index (χ0v) is 12.4. The van der Waals surface area contributed by atoms with Gasteiger partial charge in [0.1, 0.15) is 5.37 Å². The molecule has 19 heavy (non-hydrogen) atoms. The number of sulfone groups is 1. The highest BCUT2D eigenvalue weighted by Crippen LogP contribution is 2.23. The number of nitrogens with zero attached hydrogens (tertiary/aromatic N) is 1. The lowest BCUT2D eigenvalue weighted by Gasteiger charge is -2.34. The molecule has 0 spiro atoms. The van der Waals surface area contributed by atoms with Crippen molar-refractivity contribution >= 4 is 27.5 Å². The molecular weight excluding hydrogens is 282 g/mol. The first-order chi connectivity index (χ1) is 9.06. The molecule has 0 radical (unpaired) electrons. The third-order valence-corrected chi connectivity index (χ3v) is 6.47. The van der Waals surface area contributed by atoms with Gasteiger partial charge in [-0.2, -0.15) is 11.8 Å². The van der Waals surface area contributed by atoms with Gasteiger partial charge in [-0.1, -0.05) is 25.1 Å². The number of thioether (sulfide) groups is 1. The Kier molecular flexibility index (Phi) is 4.52. The number of hydrogen-bond donors (Lipinski definition) is 0. The molecule has 1 amide bonds. The van der Waals surface area contributed by atoms with Gasteiger partial charge in [0.15, 0.2) is 9.84 Å². The predicted octanol–water partition coefficient (Wildman–Crippen LogP) is 1.64. The van der Waals surface area contributed by atoms with Gasteiger partial charge in [0, 0.05) is 29.4 Å². The van der Waals surface area contributed by atoms with Gasteiger partial charge in [-0.05, 0) is 12.1 Å². The summed E-state index contributed by atoms with van der Waals surface area (Å²) in [7, 11) is -3.24. The average Bonchev–Trinajstić information content (AvgIpc) is 2.47. The van der Waals surface area contributed by atoms with Crippen LogP contribution in [0.5, 0.6) is 0 Å². The maximum absolute atomic E-state index is 12.4. The third kappa shape index (κ3) is 3.12. The van der Waals surface area contributed by atoms with Gasteiger partial charge in [-0.15, -0.1) is 0 Å². The van der Waals surface area contributed by atoms with E-state index < -0.39 is 15.2 Å². The molecule has 1 aromatic carbocycles. The lowest BCUT2D eigenvalue weighted by Crippen LogP contribution is -2.50. The first-order valence-electron chi connectivity index (χ1n) is 6.21. The molecule has 0 saturated carbocycles. The first-order valence-corrected chi connectivity index (χ1v) is 9.08. The summed E-state index contributed by atoms with van der Waals surface area (Å²) in [4.78, 5) is 13.9. The molecule has 1 aliphatic rings. The summed E-state index contributed by atoms with van der Waals surface area (Å²) in [6.07, 6.45) is 0. The molecule has 0 bridgehead atoms. The zero-order valence-electron chi connectivity index (χ0n) is 10.8. The maximum Gasteiger partial charge on any atom is 0.254 e. The lowest BCUT2D eigenvalue weighted by atomic mass is 10.2. The fourth-order valence-corrected chi connectivity index (χ4v) is 5.02. The number of hydrogen-bond acceptors (Lipinski definition) is 4. The predicted molar refractivity (Wildman–Crippen MR) is 78.1 cm³/mol. The monoisotopic (exact) mass is 299 g/mol. The molecule has 1 aromatic rings. The van der Waals surface area contributed by atoms with Crippen molar-refractivity contribution in [3.8, 4) is 0 Å². The van der Waals surface area contributed by atoms with Crippen LogP contribution in [0.3, 0.4) is 0 Å². The number of rotatable bonds is 3.